The lowest BCUT2D eigenvalue weighted by molar-refractivity contribution is -0.384. The van der Waals surface area contributed by atoms with Crippen molar-refractivity contribution in [2.75, 3.05) is 30.3 Å². The molecule has 10 heteroatoms. The molecule has 0 bridgehead atoms. The second-order valence-electron chi connectivity index (χ2n) is 9.05. The third-order valence-electron chi connectivity index (χ3n) is 6.30. The molecule has 176 valence electrons. The number of nitro benzene ring substituents is 1. The number of nitrogens with one attached hydrogen (secondary N) is 2. The number of piperidine rings is 1. The largest absolute Gasteiger partial charge is 0.379 e. The molecule has 0 unspecified atom stereocenters. The van der Waals surface area contributed by atoms with Gasteiger partial charge >= 0.3 is 0 Å². The third-order valence-corrected chi connectivity index (χ3v) is 8.13. The van der Waals surface area contributed by atoms with E-state index in [1.54, 1.807) is 0 Å². The van der Waals surface area contributed by atoms with E-state index in [4.69, 9.17) is 0 Å². The Labute approximate surface area is 193 Å². The highest BCUT2D eigenvalue weighted by molar-refractivity contribution is 7.89. The zero-order valence-corrected chi connectivity index (χ0v) is 19.5. The summed E-state index contributed by atoms with van der Waals surface area (Å²) in [6.07, 6.45) is 1.40. The second kappa shape index (κ2) is 9.11. The van der Waals surface area contributed by atoms with Crippen molar-refractivity contribution < 1.29 is 18.1 Å². The van der Waals surface area contributed by atoms with Gasteiger partial charge in [-0.1, -0.05) is 32.0 Å². The minimum atomic E-state index is -3.83. The number of hydrogen-bond acceptors (Lipinski definition) is 6. The molecule has 9 nitrogen and oxygen atoms in total. The Morgan fingerprint density at radius 3 is 2.55 bits per heavy atom. The van der Waals surface area contributed by atoms with Gasteiger partial charge in [0.1, 0.15) is 5.69 Å². The molecular formula is C23H28N4O5S. The number of anilines is 2. The number of nitrogens with zero attached hydrogens (tertiary/aromatic N) is 2. The zero-order chi connectivity index (χ0) is 23.8. The quantitative estimate of drug-likeness (QED) is 0.467. The summed E-state index contributed by atoms with van der Waals surface area (Å²) in [6, 6.07) is 11.4. The van der Waals surface area contributed by atoms with Gasteiger partial charge < -0.3 is 10.6 Å². The number of para-hydroxylation sites is 1. The number of nitro groups is 1. The van der Waals surface area contributed by atoms with E-state index in [-0.39, 0.29) is 39.9 Å². The van der Waals surface area contributed by atoms with Crippen molar-refractivity contribution in [1.29, 1.82) is 0 Å². The summed E-state index contributed by atoms with van der Waals surface area (Å²) >= 11 is 0. The molecule has 0 radical (unpaired) electrons. The summed E-state index contributed by atoms with van der Waals surface area (Å²) in [4.78, 5) is 23.3. The maximum atomic E-state index is 13.1. The van der Waals surface area contributed by atoms with E-state index in [1.165, 1.54) is 16.4 Å². The van der Waals surface area contributed by atoms with Crippen LogP contribution in [-0.4, -0.2) is 43.2 Å². The van der Waals surface area contributed by atoms with Crippen LogP contribution in [-0.2, 0) is 14.8 Å². The van der Waals surface area contributed by atoms with Gasteiger partial charge in [0.2, 0.25) is 15.9 Å². The fraction of sp³-hybridized carbons (Fsp3) is 0.435. The van der Waals surface area contributed by atoms with Gasteiger partial charge in [0.15, 0.2) is 0 Å². The third kappa shape index (κ3) is 4.72. The second-order valence-corrected chi connectivity index (χ2v) is 11.0. The molecule has 2 aromatic rings. The van der Waals surface area contributed by atoms with Gasteiger partial charge in [0, 0.05) is 31.4 Å². The Hall–Kier alpha value is -2.98. The molecule has 0 saturated carbocycles. The summed E-state index contributed by atoms with van der Waals surface area (Å²) < 4.78 is 27.7. The average molecular weight is 473 g/mol. The molecule has 0 spiro atoms. The Morgan fingerprint density at radius 2 is 1.85 bits per heavy atom. The van der Waals surface area contributed by atoms with Crippen LogP contribution in [0.25, 0.3) is 0 Å². The molecule has 2 N–H and O–H groups in total. The summed E-state index contributed by atoms with van der Waals surface area (Å²) in [5.41, 5.74) is 1.62. The number of fused-ring (bicyclic) bond motifs is 1. The Bertz CT molecular complexity index is 1170. The van der Waals surface area contributed by atoms with E-state index in [2.05, 4.69) is 10.6 Å². The topological polar surface area (TPSA) is 122 Å². The van der Waals surface area contributed by atoms with Crippen LogP contribution in [0.4, 0.5) is 17.1 Å². The van der Waals surface area contributed by atoms with E-state index in [1.807, 2.05) is 38.1 Å². The molecule has 0 aliphatic carbocycles. The first kappa shape index (κ1) is 23.2. The van der Waals surface area contributed by atoms with Crippen LogP contribution in [0.15, 0.2) is 47.4 Å². The molecule has 1 fully saturated rings. The predicted molar refractivity (Wildman–Crippen MR) is 126 cm³/mol. The van der Waals surface area contributed by atoms with E-state index in [0.29, 0.717) is 26.1 Å². The SMILES string of the molecule is C[C@@H]1C[C@@H](C)CN(S(=O)(=O)c2ccc(NCC[C@@H]3C(=O)Nc4ccccc43)c([N+](=O)[O-])c2)C1. The van der Waals surface area contributed by atoms with Crippen LogP contribution in [0.1, 0.15) is 38.2 Å². The van der Waals surface area contributed by atoms with Crippen LogP contribution in [0, 0.1) is 22.0 Å². The zero-order valence-electron chi connectivity index (χ0n) is 18.7. The minimum absolute atomic E-state index is 0.0786. The lowest BCUT2D eigenvalue weighted by Crippen LogP contribution is -2.42. The van der Waals surface area contributed by atoms with E-state index in [0.717, 1.165) is 23.7 Å². The summed E-state index contributed by atoms with van der Waals surface area (Å²) in [6.45, 7) is 5.16. The number of hydrogen-bond donors (Lipinski definition) is 2. The van der Waals surface area contributed by atoms with Crippen molar-refractivity contribution in [2.24, 2.45) is 11.8 Å². The highest BCUT2D eigenvalue weighted by Gasteiger charge is 2.33. The van der Waals surface area contributed by atoms with Crippen molar-refractivity contribution in [3.8, 4) is 0 Å². The monoisotopic (exact) mass is 472 g/mol. The Balaban J connectivity index is 1.50. The molecular weight excluding hydrogens is 444 g/mol. The maximum absolute atomic E-state index is 13.1. The number of carbonyl (C=O) groups excluding carboxylic acids is 1. The Morgan fingerprint density at radius 1 is 1.15 bits per heavy atom. The van der Waals surface area contributed by atoms with Crippen LogP contribution in [0.5, 0.6) is 0 Å². The molecule has 2 heterocycles. The number of benzene rings is 2. The van der Waals surface area contributed by atoms with Crippen molar-refractivity contribution in [1.82, 2.24) is 4.31 Å². The predicted octanol–water partition coefficient (Wildman–Crippen LogP) is 3.80. The smallest absolute Gasteiger partial charge is 0.293 e. The highest BCUT2D eigenvalue weighted by Crippen LogP contribution is 2.35. The number of sulfonamides is 1. The van der Waals surface area contributed by atoms with Gasteiger partial charge in [-0.05, 0) is 48.4 Å². The van der Waals surface area contributed by atoms with Gasteiger partial charge in [0.05, 0.1) is 15.7 Å². The first-order chi connectivity index (χ1) is 15.7. The van der Waals surface area contributed by atoms with Gasteiger partial charge in [-0.15, -0.1) is 0 Å². The molecule has 1 amide bonds. The molecule has 33 heavy (non-hydrogen) atoms. The summed E-state index contributed by atoms with van der Waals surface area (Å²) in [5, 5.41) is 17.6. The minimum Gasteiger partial charge on any atom is -0.379 e. The fourth-order valence-electron chi connectivity index (χ4n) is 4.84. The molecule has 4 rings (SSSR count). The number of amides is 1. The molecule has 2 aliphatic rings. The normalized spacial score (nSPS) is 23.1. The van der Waals surface area contributed by atoms with Crippen LogP contribution in [0.2, 0.25) is 0 Å². The average Bonchev–Trinajstić information content (AvgIpc) is 3.08. The Kier molecular flexibility index (Phi) is 6.40. The van der Waals surface area contributed by atoms with Crippen LogP contribution in [0.3, 0.4) is 0 Å². The van der Waals surface area contributed by atoms with Gasteiger partial charge in [-0.25, -0.2) is 8.42 Å². The van der Waals surface area contributed by atoms with E-state index < -0.39 is 14.9 Å². The number of rotatable bonds is 7. The summed E-state index contributed by atoms with van der Waals surface area (Å²) in [5.74, 6) is 0.0316. The molecule has 1 saturated heterocycles. The molecule has 3 atom stereocenters. The standard InChI is InChI=1S/C23H28N4O5S/c1-15-11-16(2)14-26(13-15)33(31,32)17-7-8-21(22(12-17)27(29)30)24-10-9-19-18-5-3-4-6-20(18)25-23(19)28/h3-8,12,15-16,19,24H,9-11,13-14H2,1-2H3,(H,25,28)/t15-,16-,19+/m1/s1. The van der Waals surface area contributed by atoms with Crippen molar-refractivity contribution in [3.05, 3.63) is 58.1 Å². The first-order valence-electron chi connectivity index (χ1n) is 11.1. The van der Waals surface area contributed by atoms with Crippen molar-refractivity contribution >= 4 is 33.0 Å². The van der Waals surface area contributed by atoms with Crippen molar-refractivity contribution in [2.45, 2.75) is 37.5 Å². The van der Waals surface area contributed by atoms with Gasteiger partial charge in [-0.2, -0.15) is 4.31 Å². The lowest BCUT2D eigenvalue weighted by atomic mass is 9.94. The number of carbonyl (C=O) groups is 1. The van der Waals surface area contributed by atoms with Crippen LogP contribution < -0.4 is 10.6 Å². The lowest BCUT2D eigenvalue weighted by Gasteiger charge is -2.34. The first-order valence-corrected chi connectivity index (χ1v) is 12.5. The van der Waals surface area contributed by atoms with E-state index in [9.17, 15) is 23.3 Å². The van der Waals surface area contributed by atoms with Gasteiger partial charge in [-0.3, -0.25) is 14.9 Å². The van der Waals surface area contributed by atoms with E-state index >= 15 is 0 Å². The van der Waals surface area contributed by atoms with Crippen LogP contribution >= 0.6 is 0 Å². The molecule has 2 aromatic carbocycles. The van der Waals surface area contributed by atoms with Gasteiger partial charge in [0.25, 0.3) is 5.69 Å². The maximum Gasteiger partial charge on any atom is 0.293 e. The van der Waals surface area contributed by atoms with Crippen molar-refractivity contribution in [3.63, 3.8) is 0 Å². The fourth-order valence-corrected chi connectivity index (χ4v) is 6.54. The summed E-state index contributed by atoms with van der Waals surface area (Å²) in [7, 11) is -3.83. The highest BCUT2D eigenvalue weighted by atomic mass is 32.2. The molecule has 0 aromatic heterocycles. The molecule has 2 aliphatic heterocycles.